The third-order valence-corrected chi connectivity index (χ3v) is 11.2. The lowest BCUT2D eigenvalue weighted by Crippen LogP contribution is -1.88. The summed E-state index contributed by atoms with van der Waals surface area (Å²) in [7, 11) is 0. The van der Waals surface area contributed by atoms with E-state index in [2.05, 4.69) is 194 Å². The molecule has 0 aliphatic heterocycles. The van der Waals surface area contributed by atoms with Crippen molar-refractivity contribution in [3.8, 4) is 66.8 Å². The van der Waals surface area contributed by atoms with Crippen molar-refractivity contribution in [3.05, 3.63) is 194 Å². The highest BCUT2D eigenvalue weighted by molar-refractivity contribution is 6.31. The van der Waals surface area contributed by atoms with Crippen molar-refractivity contribution in [1.29, 1.82) is 0 Å². The molecule has 10 aromatic carbocycles. The summed E-state index contributed by atoms with van der Waals surface area (Å²) in [4.78, 5) is 0. The summed E-state index contributed by atoms with van der Waals surface area (Å²) in [6.45, 7) is 0. The van der Waals surface area contributed by atoms with E-state index >= 15 is 0 Å². The van der Waals surface area contributed by atoms with E-state index < -0.39 is 0 Å². The first-order chi connectivity index (χ1) is 25.8. The molecule has 1 aliphatic carbocycles. The van der Waals surface area contributed by atoms with Crippen LogP contribution in [0.4, 0.5) is 0 Å². The average Bonchev–Trinajstić information content (AvgIpc) is 3.57. The summed E-state index contributed by atoms with van der Waals surface area (Å²) in [5, 5.41) is 10.4. The Kier molecular flexibility index (Phi) is 6.35. The zero-order valence-corrected chi connectivity index (χ0v) is 28.5. The summed E-state index contributed by atoms with van der Waals surface area (Å²) in [5.41, 5.74) is 15.2. The third-order valence-electron chi connectivity index (χ3n) is 11.2. The van der Waals surface area contributed by atoms with Crippen LogP contribution in [0.2, 0.25) is 0 Å². The lowest BCUT2D eigenvalue weighted by atomic mass is 9.89. The molecule has 0 saturated carbocycles. The van der Waals surface area contributed by atoms with Crippen molar-refractivity contribution in [1.82, 2.24) is 0 Å². The number of fused-ring (bicyclic) bond motifs is 9. The van der Waals surface area contributed by atoms with Crippen LogP contribution < -0.4 is 0 Å². The second-order valence-electron chi connectivity index (χ2n) is 14.0. The molecule has 1 aliphatic rings. The summed E-state index contributed by atoms with van der Waals surface area (Å²) < 4.78 is 0. The van der Waals surface area contributed by atoms with Crippen LogP contribution >= 0.6 is 0 Å². The second kappa shape index (κ2) is 11.4. The lowest BCUT2D eigenvalue weighted by Gasteiger charge is -2.15. The molecular weight excluding hydrogens is 625 g/mol. The largest absolute Gasteiger partial charge is 0.0622 e. The zero-order valence-electron chi connectivity index (χ0n) is 28.5. The van der Waals surface area contributed by atoms with E-state index in [0.717, 1.165) is 0 Å². The first kappa shape index (κ1) is 29.0. The van der Waals surface area contributed by atoms with Gasteiger partial charge in [0.15, 0.2) is 0 Å². The molecule has 0 bridgehead atoms. The molecule has 0 amide bonds. The van der Waals surface area contributed by atoms with Crippen LogP contribution in [0.15, 0.2) is 194 Å². The number of rotatable bonds is 4. The number of hydrogen-bond donors (Lipinski definition) is 0. The van der Waals surface area contributed by atoms with Gasteiger partial charge in [-0.25, -0.2) is 0 Å². The number of hydrogen-bond acceptors (Lipinski definition) is 0. The van der Waals surface area contributed by atoms with Crippen LogP contribution in [0.25, 0.3) is 110 Å². The van der Waals surface area contributed by atoms with Gasteiger partial charge in [-0.05, 0) is 134 Å². The normalized spacial score (nSPS) is 11.8. The maximum Gasteiger partial charge on any atom is -0.00137 e. The highest BCUT2D eigenvalue weighted by Crippen LogP contribution is 2.55. The predicted molar refractivity (Wildman–Crippen MR) is 223 cm³/mol. The lowest BCUT2D eigenvalue weighted by molar-refractivity contribution is 1.59. The molecule has 0 spiro atoms. The predicted octanol–water partition coefficient (Wildman–Crippen LogP) is 14.6. The van der Waals surface area contributed by atoms with Gasteiger partial charge in [-0.3, -0.25) is 0 Å². The Morgan fingerprint density at radius 1 is 0.212 bits per heavy atom. The molecule has 0 fully saturated rings. The van der Waals surface area contributed by atoms with Gasteiger partial charge in [0.2, 0.25) is 0 Å². The molecule has 0 N–H and O–H groups in total. The van der Waals surface area contributed by atoms with Crippen LogP contribution in [0, 0.1) is 0 Å². The van der Waals surface area contributed by atoms with Gasteiger partial charge in [0.05, 0.1) is 0 Å². The summed E-state index contributed by atoms with van der Waals surface area (Å²) in [6, 6.07) is 71.7. The standard InChI is InChI=1S/C52H32/c1-3-13-33(14-4-1)35-17-11-18-36(29-35)38-31-39-30-37(25-26-41(39)49(32-38)34-15-5-2-6-16-34)40-27-28-48-50-44(40)23-12-24-47(50)51-45-21-9-7-19-42(45)43-20-8-10-22-46(43)52(48)51/h1-32H. The smallest absolute Gasteiger partial charge is 0.00137 e. The van der Waals surface area contributed by atoms with E-state index in [1.54, 1.807) is 0 Å². The second-order valence-corrected chi connectivity index (χ2v) is 14.0. The minimum atomic E-state index is 1.22. The van der Waals surface area contributed by atoms with Crippen molar-refractivity contribution in [2.24, 2.45) is 0 Å². The molecule has 10 aromatic rings. The van der Waals surface area contributed by atoms with Gasteiger partial charge >= 0.3 is 0 Å². The molecule has 0 aromatic heterocycles. The van der Waals surface area contributed by atoms with Gasteiger partial charge < -0.3 is 0 Å². The van der Waals surface area contributed by atoms with E-state index in [-0.39, 0.29) is 0 Å². The topological polar surface area (TPSA) is 0 Å². The minimum Gasteiger partial charge on any atom is -0.0622 e. The molecule has 0 saturated heterocycles. The highest BCUT2D eigenvalue weighted by Gasteiger charge is 2.27. The molecule has 0 unspecified atom stereocenters. The van der Waals surface area contributed by atoms with Crippen molar-refractivity contribution >= 4 is 43.1 Å². The van der Waals surface area contributed by atoms with Gasteiger partial charge in [-0.1, -0.05) is 170 Å². The molecule has 0 atom stereocenters. The van der Waals surface area contributed by atoms with E-state index in [1.165, 1.54) is 110 Å². The van der Waals surface area contributed by atoms with Crippen LogP contribution in [-0.4, -0.2) is 0 Å². The fourth-order valence-electron chi connectivity index (χ4n) is 8.85. The van der Waals surface area contributed by atoms with Crippen LogP contribution in [0.3, 0.4) is 0 Å². The van der Waals surface area contributed by atoms with E-state index in [0.29, 0.717) is 0 Å². The Hall–Kier alpha value is -6.76. The maximum atomic E-state index is 2.41. The van der Waals surface area contributed by atoms with Gasteiger partial charge in [0.25, 0.3) is 0 Å². The third kappa shape index (κ3) is 4.35. The maximum absolute atomic E-state index is 2.41. The molecule has 240 valence electrons. The van der Waals surface area contributed by atoms with E-state index in [1.807, 2.05) is 0 Å². The Balaban J connectivity index is 1.13. The molecule has 52 heavy (non-hydrogen) atoms. The van der Waals surface area contributed by atoms with Gasteiger partial charge in [-0.2, -0.15) is 0 Å². The molecule has 0 radical (unpaired) electrons. The van der Waals surface area contributed by atoms with Crippen molar-refractivity contribution in [2.75, 3.05) is 0 Å². The minimum absolute atomic E-state index is 1.22. The van der Waals surface area contributed by atoms with Crippen LogP contribution in [-0.2, 0) is 0 Å². The van der Waals surface area contributed by atoms with Crippen molar-refractivity contribution < 1.29 is 0 Å². The van der Waals surface area contributed by atoms with Crippen molar-refractivity contribution in [3.63, 3.8) is 0 Å². The Labute approximate surface area is 302 Å². The molecule has 0 heteroatoms. The Morgan fingerprint density at radius 2 is 0.731 bits per heavy atom. The zero-order chi connectivity index (χ0) is 34.2. The molecule has 11 rings (SSSR count). The van der Waals surface area contributed by atoms with Gasteiger partial charge in [-0.15, -0.1) is 0 Å². The fraction of sp³-hybridized carbons (Fsp3) is 0. The summed E-state index contributed by atoms with van der Waals surface area (Å²) in [5.74, 6) is 0. The van der Waals surface area contributed by atoms with Crippen LogP contribution in [0.5, 0.6) is 0 Å². The highest BCUT2D eigenvalue weighted by atomic mass is 14.3. The first-order valence-electron chi connectivity index (χ1n) is 18.1. The first-order valence-corrected chi connectivity index (χ1v) is 18.1. The Morgan fingerprint density at radius 3 is 1.44 bits per heavy atom. The Bertz CT molecular complexity index is 2970. The SMILES string of the molecule is c1ccc(-c2cccc(-c3cc(-c4ccccc4)c4ccc(-c5ccc6c7c(cccc57)-c5c-6c6ccccc6c6ccccc56)cc4c3)c2)cc1. The summed E-state index contributed by atoms with van der Waals surface area (Å²) >= 11 is 0. The molecular formula is C52H32. The van der Waals surface area contributed by atoms with Crippen molar-refractivity contribution in [2.45, 2.75) is 0 Å². The number of benzene rings is 10. The monoisotopic (exact) mass is 656 g/mol. The van der Waals surface area contributed by atoms with Gasteiger partial charge in [0, 0.05) is 0 Å². The quantitative estimate of drug-likeness (QED) is 0.165. The summed E-state index contributed by atoms with van der Waals surface area (Å²) in [6.07, 6.45) is 0. The van der Waals surface area contributed by atoms with E-state index in [9.17, 15) is 0 Å². The van der Waals surface area contributed by atoms with Crippen LogP contribution in [0.1, 0.15) is 0 Å². The molecule has 0 nitrogen and oxygen atoms in total. The van der Waals surface area contributed by atoms with Gasteiger partial charge in [0.1, 0.15) is 0 Å². The van der Waals surface area contributed by atoms with E-state index in [4.69, 9.17) is 0 Å². The fourth-order valence-corrected chi connectivity index (χ4v) is 8.85. The average molecular weight is 657 g/mol. The molecule has 0 heterocycles.